The smallest absolute Gasteiger partial charge is 0.331 e. The second-order valence-corrected chi connectivity index (χ2v) is 10.4. The van der Waals surface area contributed by atoms with Crippen molar-refractivity contribution in [3.05, 3.63) is 23.3 Å². The molecule has 8 heteroatoms. The molecule has 4 bridgehead atoms. The zero-order valence-corrected chi connectivity index (χ0v) is 20.2. The molecular formula is C26H32N2O6. The van der Waals surface area contributed by atoms with Gasteiger partial charge in [-0.1, -0.05) is 0 Å². The Morgan fingerprint density at radius 1 is 0.941 bits per heavy atom. The monoisotopic (exact) mass is 468 g/mol. The first-order valence-corrected chi connectivity index (χ1v) is 12.0. The van der Waals surface area contributed by atoms with Gasteiger partial charge in [-0.3, -0.25) is 19.8 Å². The van der Waals surface area contributed by atoms with Gasteiger partial charge in [-0.05, 0) is 92.4 Å². The van der Waals surface area contributed by atoms with Gasteiger partial charge >= 0.3 is 6.03 Å². The van der Waals surface area contributed by atoms with E-state index < -0.39 is 17.8 Å². The first-order chi connectivity index (χ1) is 16.3. The van der Waals surface area contributed by atoms with Gasteiger partial charge in [-0.2, -0.15) is 0 Å². The largest absolute Gasteiger partial charge is 0.493 e. The standard InChI is InChI=1S/C26H32N2O6/c1-14(26-11-16-5-17(12-26)7-18(6-16)13-26)28-24(30)19(23(29)27-25(28)31)8-15-9-20(32-2)22(34-4)21(10-15)33-3/h8-10,14,16-18H,5-7,11-13H2,1-4H3,(H,27,29,31)/b19-8+. The van der Waals surface area contributed by atoms with Crippen molar-refractivity contribution < 1.29 is 28.6 Å². The molecule has 1 heterocycles. The SMILES string of the molecule is COc1cc(/C=C2\C(=O)NC(=O)N(C(C)C34CC5CC(CC(C5)C3)C4)C2=O)cc(OC)c1OC. The minimum atomic E-state index is -0.697. The Balaban J connectivity index is 1.48. The van der Waals surface area contributed by atoms with Gasteiger partial charge < -0.3 is 14.2 Å². The van der Waals surface area contributed by atoms with Crippen LogP contribution in [0.15, 0.2) is 17.7 Å². The number of ether oxygens (including phenoxy) is 3. The first-order valence-electron chi connectivity index (χ1n) is 12.0. The Labute approximate surface area is 199 Å². The van der Waals surface area contributed by atoms with E-state index in [0.717, 1.165) is 19.3 Å². The molecule has 1 aromatic carbocycles. The molecule has 8 nitrogen and oxygen atoms in total. The molecule has 1 aromatic rings. The maximum atomic E-state index is 13.6. The molecule has 1 atom stereocenters. The second-order valence-electron chi connectivity index (χ2n) is 10.4. The number of rotatable bonds is 6. The number of hydrogen-bond acceptors (Lipinski definition) is 6. The van der Waals surface area contributed by atoms with Crippen LogP contribution in [0.25, 0.3) is 6.08 Å². The highest BCUT2D eigenvalue weighted by Crippen LogP contribution is 2.62. The third-order valence-electron chi connectivity index (χ3n) is 8.49. The summed E-state index contributed by atoms with van der Waals surface area (Å²) in [6, 6.07) is 2.43. The van der Waals surface area contributed by atoms with Crippen LogP contribution in [-0.4, -0.2) is 50.1 Å². The molecule has 1 saturated heterocycles. The predicted molar refractivity (Wildman–Crippen MR) is 125 cm³/mol. The number of carbonyl (C=O) groups excluding carboxylic acids is 3. The molecule has 6 rings (SSSR count). The number of nitrogens with zero attached hydrogens (tertiary/aromatic N) is 1. The van der Waals surface area contributed by atoms with E-state index in [-0.39, 0.29) is 17.0 Å². The van der Waals surface area contributed by atoms with Crippen LogP contribution in [0.1, 0.15) is 51.0 Å². The van der Waals surface area contributed by atoms with E-state index in [1.54, 1.807) is 12.1 Å². The van der Waals surface area contributed by atoms with Crippen molar-refractivity contribution in [2.75, 3.05) is 21.3 Å². The van der Waals surface area contributed by atoms with Crippen LogP contribution in [0.4, 0.5) is 4.79 Å². The number of hydrogen-bond donors (Lipinski definition) is 1. The Bertz CT molecular complexity index is 1020. The van der Waals surface area contributed by atoms with Crippen LogP contribution in [0, 0.1) is 23.2 Å². The summed E-state index contributed by atoms with van der Waals surface area (Å²) in [6.45, 7) is 1.98. The molecule has 0 radical (unpaired) electrons. The summed E-state index contributed by atoms with van der Waals surface area (Å²) in [5.74, 6) is 2.05. The number of nitrogens with one attached hydrogen (secondary N) is 1. The van der Waals surface area contributed by atoms with Crippen molar-refractivity contribution in [2.45, 2.75) is 51.5 Å². The van der Waals surface area contributed by atoms with Gasteiger partial charge in [0.05, 0.1) is 21.3 Å². The molecule has 5 aliphatic rings. The van der Waals surface area contributed by atoms with Crippen molar-refractivity contribution in [1.29, 1.82) is 0 Å². The molecule has 34 heavy (non-hydrogen) atoms. The fraction of sp³-hybridized carbons (Fsp3) is 0.577. The summed E-state index contributed by atoms with van der Waals surface area (Å²) in [5.41, 5.74) is 0.398. The number of imide groups is 2. The number of methoxy groups -OCH3 is 3. The topological polar surface area (TPSA) is 94.2 Å². The molecular weight excluding hydrogens is 436 g/mol. The summed E-state index contributed by atoms with van der Waals surface area (Å²) in [7, 11) is 4.51. The lowest BCUT2D eigenvalue weighted by molar-refractivity contribution is -0.139. The third kappa shape index (κ3) is 3.54. The summed E-state index contributed by atoms with van der Waals surface area (Å²) in [4.78, 5) is 40.6. The summed E-state index contributed by atoms with van der Waals surface area (Å²) in [6.07, 6.45) is 8.46. The lowest BCUT2D eigenvalue weighted by Gasteiger charge is -2.60. The van der Waals surface area contributed by atoms with E-state index >= 15 is 0 Å². The average Bonchev–Trinajstić information content (AvgIpc) is 2.79. The van der Waals surface area contributed by atoms with E-state index in [4.69, 9.17) is 14.2 Å². The van der Waals surface area contributed by atoms with Gasteiger partial charge in [0.2, 0.25) is 5.75 Å². The van der Waals surface area contributed by atoms with Crippen molar-refractivity contribution in [2.24, 2.45) is 23.2 Å². The van der Waals surface area contributed by atoms with Crippen molar-refractivity contribution in [1.82, 2.24) is 10.2 Å². The first kappa shape index (κ1) is 22.7. The quantitative estimate of drug-likeness (QED) is 0.504. The lowest BCUT2D eigenvalue weighted by atomic mass is 9.47. The highest BCUT2D eigenvalue weighted by atomic mass is 16.5. The normalized spacial score (nSPS) is 32.1. The molecule has 0 spiro atoms. The van der Waals surface area contributed by atoms with Gasteiger partial charge in [-0.15, -0.1) is 0 Å². The molecule has 182 valence electrons. The highest BCUT2D eigenvalue weighted by Gasteiger charge is 2.56. The predicted octanol–water partition coefficient (Wildman–Crippen LogP) is 3.78. The molecule has 5 fully saturated rings. The number of carbonyl (C=O) groups is 3. The van der Waals surface area contributed by atoms with Gasteiger partial charge in [0.25, 0.3) is 11.8 Å². The zero-order chi connectivity index (χ0) is 24.2. The van der Waals surface area contributed by atoms with Crippen molar-refractivity contribution in [3.63, 3.8) is 0 Å². The maximum absolute atomic E-state index is 13.6. The van der Waals surface area contributed by atoms with Gasteiger partial charge in [0.1, 0.15) is 5.57 Å². The highest BCUT2D eigenvalue weighted by molar-refractivity contribution is 6.31. The van der Waals surface area contributed by atoms with Crippen LogP contribution in [0.2, 0.25) is 0 Å². The average molecular weight is 469 g/mol. The van der Waals surface area contributed by atoms with Gasteiger partial charge in [-0.25, -0.2) is 4.79 Å². The Morgan fingerprint density at radius 3 is 1.94 bits per heavy atom. The minimum Gasteiger partial charge on any atom is -0.493 e. The molecule has 1 aliphatic heterocycles. The maximum Gasteiger partial charge on any atom is 0.331 e. The van der Waals surface area contributed by atoms with E-state index in [0.29, 0.717) is 40.6 Å². The summed E-state index contributed by atoms with van der Waals surface area (Å²) in [5, 5.41) is 2.39. The van der Waals surface area contributed by atoms with Crippen molar-refractivity contribution >= 4 is 23.9 Å². The van der Waals surface area contributed by atoms with E-state index in [1.807, 2.05) is 6.92 Å². The number of amides is 4. The zero-order valence-electron chi connectivity index (χ0n) is 20.2. The Morgan fingerprint density at radius 2 is 1.47 bits per heavy atom. The number of barbiturate groups is 1. The minimum absolute atomic E-state index is 0.0558. The van der Waals surface area contributed by atoms with E-state index in [9.17, 15) is 14.4 Å². The fourth-order valence-corrected chi connectivity index (χ4v) is 7.34. The summed E-state index contributed by atoms with van der Waals surface area (Å²) >= 11 is 0. The molecule has 4 saturated carbocycles. The van der Waals surface area contributed by atoms with Crippen LogP contribution in [0.3, 0.4) is 0 Å². The number of urea groups is 1. The van der Waals surface area contributed by atoms with Crippen LogP contribution in [0.5, 0.6) is 17.2 Å². The second kappa shape index (κ2) is 8.32. The van der Waals surface area contributed by atoms with Gasteiger partial charge in [0, 0.05) is 6.04 Å². The fourth-order valence-electron chi connectivity index (χ4n) is 7.34. The van der Waals surface area contributed by atoms with Crippen molar-refractivity contribution in [3.8, 4) is 17.2 Å². The Hall–Kier alpha value is -3.03. The third-order valence-corrected chi connectivity index (χ3v) is 8.49. The van der Waals surface area contributed by atoms with E-state index in [1.165, 1.54) is 51.6 Å². The van der Waals surface area contributed by atoms with Crippen LogP contribution in [-0.2, 0) is 9.59 Å². The van der Waals surface area contributed by atoms with Crippen LogP contribution >= 0.6 is 0 Å². The molecule has 0 aromatic heterocycles. The van der Waals surface area contributed by atoms with E-state index in [2.05, 4.69) is 5.32 Å². The molecule has 1 unspecified atom stereocenters. The molecule has 1 N–H and O–H groups in total. The van der Waals surface area contributed by atoms with Crippen LogP contribution < -0.4 is 19.5 Å². The molecule has 4 aliphatic carbocycles. The summed E-state index contributed by atoms with van der Waals surface area (Å²) < 4.78 is 16.1. The Kier molecular flexibility index (Phi) is 5.57. The lowest BCUT2D eigenvalue weighted by Crippen LogP contribution is -2.63. The number of benzene rings is 1. The molecule has 4 amide bonds. The van der Waals surface area contributed by atoms with Gasteiger partial charge in [0.15, 0.2) is 11.5 Å².